The van der Waals surface area contributed by atoms with Gasteiger partial charge in [0.2, 0.25) is 0 Å². The van der Waals surface area contributed by atoms with Gasteiger partial charge in [-0.1, -0.05) is 92.2 Å². The van der Waals surface area contributed by atoms with Crippen molar-refractivity contribution >= 4 is 0 Å². The SMILES string of the molecule is Cc1cc(C(C)c2ccccc2)cc(C(C)C2C=CC=CC2)c1. The third kappa shape index (κ3) is 3.64. The van der Waals surface area contributed by atoms with Gasteiger partial charge in [0, 0.05) is 5.92 Å². The first-order chi connectivity index (χ1) is 11.1. The second kappa shape index (κ2) is 7.00. The molecule has 0 saturated carbocycles. The van der Waals surface area contributed by atoms with E-state index in [1.807, 2.05) is 0 Å². The van der Waals surface area contributed by atoms with Crippen molar-refractivity contribution in [2.24, 2.45) is 5.92 Å². The van der Waals surface area contributed by atoms with E-state index in [0.29, 0.717) is 17.8 Å². The lowest BCUT2D eigenvalue weighted by Gasteiger charge is -2.24. The van der Waals surface area contributed by atoms with Gasteiger partial charge in [0.15, 0.2) is 0 Å². The second-order valence-corrected chi connectivity index (χ2v) is 6.81. The Bertz CT molecular complexity index is 706. The van der Waals surface area contributed by atoms with Crippen LogP contribution >= 0.6 is 0 Å². The molecular weight excluding hydrogens is 276 g/mol. The highest BCUT2D eigenvalue weighted by atomic mass is 14.2. The van der Waals surface area contributed by atoms with Gasteiger partial charge in [-0.25, -0.2) is 0 Å². The third-order valence-corrected chi connectivity index (χ3v) is 5.10. The summed E-state index contributed by atoms with van der Waals surface area (Å²) in [6.07, 6.45) is 10.1. The molecule has 0 radical (unpaired) electrons. The van der Waals surface area contributed by atoms with Gasteiger partial charge >= 0.3 is 0 Å². The van der Waals surface area contributed by atoms with Crippen molar-refractivity contribution in [3.05, 3.63) is 95.1 Å². The fourth-order valence-corrected chi connectivity index (χ4v) is 3.51. The fraction of sp³-hybridized carbons (Fsp3) is 0.304. The molecule has 0 amide bonds. The number of benzene rings is 2. The van der Waals surface area contributed by atoms with Crippen molar-refractivity contribution in [2.45, 2.75) is 39.0 Å². The zero-order chi connectivity index (χ0) is 16.2. The van der Waals surface area contributed by atoms with Crippen LogP contribution in [0.2, 0.25) is 0 Å². The maximum Gasteiger partial charge on any atom is 0.00612 e. The van der Waals surface area contributed by atoms with Gasteiger partial charge in [-0.3, -0.25) is 0 Å². The van der Waals surface area contributed by atoms with Crippen LogP contribution in [0.5, 0.6) is 0 Å². The highest BCUT2D eigenvalue weighted by Crippen LogP contribution is 2.33. The van der Waals surface area contributed by atoms with Gasteiger partial charge in [0.1, 0.15) is 0 Å². The summed E-state index contributed by atoms with van der Waals surface area (Å²) < 4.78 is 0. The van der Waals surface area contributed by atoms with Gasteiger partial charge in [0.25, 0.3) is 0 Å². The van der Waals surface area contributed by atoms with Crippen molar-refractivity contribution in [3.63, 3.8) is 0 Å². The minimum Gasteiger partial charge on any atom is -0.0839 e. The molecule has 0 spiro atoms. The summed E-state index contributed by atoms with van der Waals surface area (Å²) >= 11 is 0. The van der Waals surface area contributed by atoms with Gasteiger partial charge in [-0.05, 0) is 41.9 Å². The van der Waals surface area contributed by atoms with Crippen LogP contribution < -0.4 is 0 Å². The maximum atomic E-state index is 2.42. The van der Waals surface area contributed by atoms with E-state index in [9.17, 15) is 0 Å². The first-order valence-corrected chi connectivity index (χ1v) is 8.65. The first-order valence-electron chi connectivity index (χ1n) is 8.65. The van der Waals surface area contributed by atoms with Gasteiger partial charge in [-0.15, -0.1) is 0 Å². The largest absolute Gasteiger partial charge is 0.0839 e. The Morgan fingerprint density at radius 2 is 1.61 bits per heavy atom. The summed E-state index contributed by atoms with van der Waals surface area (Å²) in [5.74, 6) is 1.60. The van der Waals surface area contributed by atoms with Crippen LogP contribution in [-0.4, -0.2) is 0 Å². The van der Waals surface area contributed by atoms with Gasteiger partial charge in [-0.2, -0.15) is 0 Å². The smallest absolute Gasteiger partial charge is 0.00612 e. The first kappa shape index (κ1) is 15.8. The molecule has 0 bridgehead atoms. The molecule has 2 aromatic rings. The Kier molecular flexibility index (Phi) is 4.81. The van der Waals surface area contributed by atoms with Crippen LogP contribution in [0.25, 0.3) is 0 Å². The van der Waals surface area contributed by atoms with Crippen LogP contribution in [0.1, 0.15) is 54.4 Å². The summed E-state index contributed by atoms with van der Waals surface area (Å²) in [7, 11) is 0. The predicted octanol–water partition coefficient (Wildman–Crippen LogP) is 6.38. The van der Waals surface area contributed by atoms with Gasteiger partial charge in [0.05, 0.1) is 0 Å². The molecule has 2 aromatic carbocycles. The molecule has 0 aromatic heterocycles. The lowest BCUT2D eigenvalue weighted by molar-refractivity contribution is 0.543. The Morgan fingerprint density at radius 1 is 0.870 bits per heavy atom. The molecule has 1 aliphatic rings. The van der Waals surface area contributed by atoms with E-state index in [1.165, 1.54) is 22.3 Å². The molecule has 118 valence electrons. The Labute approximate surface area is 140 Å². The molecule has 0 saturated heterocycles. The zero-order valence-electron chi connectivity index (χ0n) is 14.4. The molecular formula is C23H26. The molecule has 0 nitrogen and oxygen atoms in total. The average Bonchev–Trinajstić information content (AvgIpc) is 2.61. The van der Waals surface area contributed by atoms with E-state index in [4.69, 9.17) is 0 Å². The molecule has 23 heavy (non-hydrogen) atoms. The number of aryl methyl sites for hydroxylation is 1. The molecule has 0 fully saturated rings. The Morgan fingerprint density at radius 3 is 2.30 bits per heavy atom. The molecule has 0 aliphatic heterocycles. The topological polar surface area (TPSA) is 0 Å². The molecule has 0 heterocycles. The summed E-state index contributed by atoms with van der Waals surface area (Å²) in [5.41, 5.74) is 5.64. The minimum absolute atomic E-state index is 0.434. The fourth-order valence-electron chi connectivity index (χ4n) is 3.51. The minimum atomic E-state index is 0.434. The molecule has 3 rings (SSSR count). The number of allylic oxidation sites excluding steroid dienone is 4. The average molecular weight is 302 g/mol. The number of hydrogen-bond donors (Lipinski definition) is 0. The lowest BCUT2D eigenvalue weighted by Crippen LogP contribution is -2.09. The molecule has 0 N–H and O–H groups in total. The number of rotatable bonds is 4. The normalized spacial score (nSPS) is 19.5. The Balaban J connectivity index is 1.90. The van der Waals surface area contributed by atoms with Crippen LogP contribution in [0.4, 0.5) is 0 Å². The predicted molar refractivity (Wildman–Crippen MR) is 99.9 cm³/mol. The van der Waals surface area contributed by atoms with E-state index in [2.05, 4.69) is 93.6 Å². The molecule has 3 unspecified atom stereocenters. The third-order valence-electron chi connectivity index (χ3n) is 5.10. The quantitative estimate of drug-likeness (QED) is 0.614. The zero-order valence-corrected chi connectivity index (χ0v) is 14.4. The summed E-state index contributed by atoms with van der Waals surface area (Å²) in [6, 6.07) is 17.9. The van der Waals surface area contributed by atoms with Crippen LogP contribution in [-0.2, 0) is 0 Å². The molecule has 0 heteroatoms. The van der Waals surface area contributed by atoms with Crippen molar-refractivity contribution < 1.29 is 0 Å². The van der Waals surface area contributed by atoms with Crippen molar-refractivity contribution in [1.82, 2.24) is 0 Å². The summed E-state index contributed by atoms with van der Waals surface area (Å²) in [4.78, 5) is 0. The van der Waals surface area contributed by atoms with E-state index < -0.39 is 0 Å². The van der Waals surface area contributed by atoms with E-state index in [1.54, 1.807) is 0 Å². The highest BCUT2D eigenvalue weighted by molar-refractivity contribution is 5.39. The van der Waals surface area contributed by atoms with Crippen molar-refractivity contribution in [2.75, 3.05) is 0 Å². The standard InChI is InChI=1S/C23H26/c1-17-14-22(18(2)20-10-6-4-7-11-20)16-23(15-17)19(3)21-12-8-5-9-13-21/h4-12,14-16,18-19,21H,13H2,1-3H3. The van der Waals surface area contributed by atoms with Crippen molar-refractivity contribution in [1.29, 1.82) is 0 Å². The maximum absolute atomic E-state index is 2.42. The summed E-state index contributed by atoms with van der Waals surface area (Å²) in [5, 5.41) is 0. The summed E-state index contributed by atoms with van der Waals surface area (Å²) in [6.45, 7) is 6.88. The Hall–Kier alpha value is -2.08. The van der Waals surface area contributed by atoms with E-state index in [-0.39, 0.29) is 0 Å². The van der Waals surface area contributed by atoms with Gasteiger partial charge < -0.3 is 0 Å². The number of hydrogen-bond acceptors (Lipinski definition) is 0. The molecule has 3 atom stereocenters. The van der Waals surface area contributed by atoms with Crippen LogP contribution in [0, 0.1) is 12.8 Å². The highest BCUT2D eigenvalue weighted by Gasteiger charge is 2.18. The lowest BCUT2D eigenvalue weighted by atomic mass is 9.81. The van der Waals surface area contributed by atoms with Crippen molar-refractivity contribution in [3.8, 4) is 0 Å². The van der Waals surface area contributed by atoms with E-state index >= 15 is 0 Å². The van der Waals surface area contributed by atoms with Crippen LogP contribution in [0.15, 0.2) is 72.8 Å². The molecule has 1 aliphatic carbocycles. The van der Waals surface area contributed by atoms with Crippen LogP contribution in [0.3, 0.4) is 0 Å². The van der Waals surface area contributed by atoms with E-state index in [0.717, 1.165) is 6.42 Å². The monoisotopic (exact) mass is 302 g/mol. The second-order valence-electron chi connectivity index (χ2n) is 6.81.